The van der Waals surface area contributed by atoms with Crippen molar-refractivity contribution < 1.29 is 23.9 Å². The van der Waals surface area contributed by atoms with Crippen LogP contribution in [0.5, 0.6) is 0 Å². The van der Waals surface area contributed by atoms with E-state index in [4.69, 9.17) is 4.74 Å². The Balaban J connectivity index is 1.07. The first-order valence-corrected chi connectivity index (χ1v) is 12.0. The molecular formula is C26H28N2O5. The molecule has 3 amide bonds. The van der Waals surface area contributed by atoms with Crippen LogP contribution in [-0.2, 0) is 19.1 Å². The summed E-state index contributed by atoms with van der Waals surface area (Å²) in [5.41, 5.74) is 1.06. The quantitative estimate of drug-likeness (QED) is 0.434. The number of carbonyl (C=O) groups excluding carboxylic acids is 4. The van der Waals surface area contributed by atoms with E-state index >= 15 is 0 Å². The van der Waals surface area contributed by atoms with Crippen LogP contribution in [0.25, 0.3) is 0 Å². The molecule has 6 aliphatic rings. The van der Waals surface area contributed by atoms with Gasteiger partial charge in [-0.05, 0) is 80.0 Å². The third kappa shape index (κ3) is 3.15. The topological polar surface area (TPSA) is 92.8 Å². The molecule has 5 aliphatic carbocycles. The minimum absolute atomic E-state index is 0.0355. The zero-order chi connectivity index (χ0) is 22.9. The highest BCUT2D eigenvalue weighted by molar-refractivity contribution is 6.06. The molecule has 0 unspecified atom stereocenters. The highest BCUT2D eigenvalue weighted by Gasteiger charge is 2.67. The molecule has 0 aromatic heterocycles. The Hall–Kier alpha value is -2.96. The average Bonchev–Trinajstić information content (AvgIpc) is 3.62. The van der Waals surface area contributed by atoms with Crippen molar-refractivity contribution in [2.45, 2.75) is 38.1 Å². The van der Waals surface area contributed by atoms with Crippen molar-refractivity contribution in [3.8, 4) is 0 Å². The smallest absolute Gasteiger partial charge is 0.337 e. The number of imide groups is 1. The number of allylic oxidation sites excluding steroid dienone is 2. The molecule has 2 bridgehead atoms. The maximum absolute atomic E-state index is 13.3. The monoisotopic (exact) mass is 448 g/mol. The first-order valence-electron chi connectivity index (χ1n) is 12.0. The maximum Gasteiger partial charge on any atom is 0.337 e. The number of amides is 3. The van der Waals surface area contributed by atoms with Crippen molar-refractivity contribution in [1.82, 2.24) is 4.90 Å². The van der Waals surface area contributed by atoms with Gasteiger partial charge >= 0.3 is 5.97 Å². The molecule has 172 valence electrons. The lowest BCUT2D eigenvalue weighted by Crippen LogP contribution is -2.44. The van der Waals surface area contributed by atoms with Crippen LogP contribution in [0.3, 0.4) is 0 Å². The van der Waals surface area contributed by atoms with E-state index in [-0.39, 0.29) is 53.4 Å². The molecule has 7 rings (SSSR count). The summed E-state index contributed by atoms with van der Waals surface area (Å²) in [6.45, 7) is 0. The predicted octanol–water partition coefficient (Wildman–Crippen LogP) is 3.02. The van der Waals surface area contributed by atoms with Gasteiger partial charge in [0.25, 0.3) is 0 Å². The van der Waals surface area contributed by atoms with E-state index in [1.165, 1.54) is 13.5 Å². The van der Waals surface area contributed by atoms with Crippen LogP contribution >= 0.6 is 0 Å². The van der Waals surface area contributed by atoms with E-state index in [9.17, 15) is 19.2 Å². The highest BCUT2D eigenvalue weighted by atomic mass is 16.5. The van der Waals surface area contributed by atoms with Gasteiger partial charge in [-0.15, -0.1) is 0 Å². The Morgan fingerprint density at radius 3 is 2.03 bits per heavy atom. The number of nitrogens with one attached hydrogen (secondary N) is 1. The van der Waals surface area contributed by atoms with Crippen molar-refractivity contribution in [2.75, 3.05) is 12.4 Å². The van der Waals surface area contributed by atoms with Gasteiger partial charge in [0.15, 0.2) is 0 Å². The van der Waals surface area contributed by atoms with E-state index in [0.717, 1.165) is 0 Å². The molecular weight excluding hydrogens is 420 g/mol. The second kappa shape index (κ2) is 7.54. The molecule has 1 aromatic carbocycles. The van der Waals surface area contributed by atoms with E-state index in [1.54, 1.807) is 29.2 Å². The summed E-state index contributed by atoms with van der Waals surface area (Å²) in [7, 11) is 1.33. The van der Waals surface area contributed by atoms with Crippen molar-refractivity contribution in [2.24, 2.45) is 41.4 Å². The highest BCUT2D eigenvalue weighted by Crippen LogP contribution is 2.65. The first-order chi connectivity index (χ1) is 16.0. The normalized spacial score (nSPS) is 38.0. The van der Waals surface area contributed by atoms with E-state index < -0.39 is 5.97 Å². The van der Waals surface area contributed by atoms with Gasteiger partial charge in [-0.1, -0.05) is 12.2 Å². The molecule has 1 aliphatic heterocycles. The number of anilines is 1. The molecule has 7 heteroatoms. The van der Waals surface area contributed by atoms with Gasteiger partial charge in [-0.2, -0.15) is 0 Å². The van der Waals surface area contributed by atoms with E-state index in [1.807, 2.05) is 0 Å². The number of hydrogen-bond donors (Lipinski definition) is 1. The lowest BCUT2D eigenvalue weighted by Gasteiger charge is -2.37. The number of likely N-dealkylation sites (tertiary alicyclic amines) is 1. The second-order valence-corrected chi connectivity index (χ2v) is 10.3. The second-order valence-electron chi connectivity index (χ2n) is 10.3. The lowest BCUT2D eigenvalue weighted by molar-refractivity contribution is -0.144. The molecule has 1 saturated heterocycles. The number of rotatable bonds is 4. The molecule has 3 saturated carbocycles. The SMILES string of the molecule is COC(=O)c1ccc(NC(=O)C2CCC(N3C(=O)[C@@H]4[C@@H]5C=C[C@H]([C@H]6C[C@H]56)[C@@H]4C3=O)CC2)cc1. The Labute approximate surface area is 192 Å². The molecule has 1 aromatic rings. The van der Waals surface area contributed by atoms with Gasteiger partial charge in [-0.3, -0.25) is 19.3 Å². The van der Waals surface area contributed by atoms with Crippen LogP contribution in [-0.4, -0.2) is 41.7 Å². The Bertz CT molecular complexity index is 1020. The summed E-state index contributed by atoms with van der Waals surface area (Å²) in [5.74, 6) is 0.864. The van der Waals surface area contributed by atoms with Gasteiger partial charge < -0.3 is 10.1 Å². The molecule has 7 nitrogen and oxygen atoms in total. The third-order valence-corrected chi connectivity index (χ3v) is 8.70. The van der Waals surface area contributed by atoms with Crippen LogP contribution < -0.4 is 5.32 Å². The molecule has 33 heavy (non-hydrogen) atoms. The predicted molar refractivity (Wildman–Crippen MR) is 119 cm³/mol. The largest absolute Gasteiger partial charge is 0.465 e. The summed E-state index contributed by atoms with van der Waals surface area (Å²) in [5, 5.41) is 2.92. The van der Waals surface area contributed by atoms with E-state index in [2.05, 4.69) is 17.5 Å². The first kappa shape index (κ1) is 20.6. The maximum atomic E-state index is 13.3. The van der Waals surface area contributed by atoms with Crippen LogP contribution in [0.2, 0.25) is 0 Å². The average molecular weight is 449 g/mol. The van der Waals surface area contributed by atoms with Crippen LogP contribution in [0.4, 0.5) is 5.69 Å². The molecule has 6 atom stereocenters. The standard InChI is InChI=1S/C26H28N2O5/c1-33-26(32)14-2-6-15(7-3-14)27-23(29)13-4-8-16(9-5-13)28-24(30)21-17-10-11-18(20-12-19(17)20)22(21)25(28)31/h2-3,6-7,10-11,13,16-22H,4-5,8-9,12H2,1H3,(H,27,29)/t13?,16?,17-,18-,19-,20-,21-,22+/m1/s1. The fraction of sp³-hybridized carbons (Fsp3) is 0.538. The van der Waals surface area contributed by atoms with Gasteiger partial charge in [0, 0.05) is 17.6 Å². The summed E-state index contributed by atoms with van der Waals surface area (Å²) in [6, 6.07) is 6.52. The molecule has 0 spiro atoms. The summed E-state index contributed by atoms with van der Waals surface area (Å²) >= 11 is 0. The zero-order valence-corrected chi connectivity index (χ0v) is 18.6. The van der Waals surface area contributed by atoms with Crippen molar-refractivity contribution in [1.29, 1.82) is 0 Å². The minimum Gasteiger partial charge on any atom is -0.465 e. The number of ether oxygens (including phenoxy) is 1. The summed E-state index contributed by atoms with van der Waals surface area (Å²) in [4.78, 5) is 52.6. The van der Waals surface area contributed by atoms with Gasteiger partial charge in [0.2, 0.25) is 17.7 Å². The van der Waals surface area contributed by atoms with Gasteiger partial charge in [0.1, 0.15) is 0 Å². The fourth-order valence-electron chi connectivity index (χ4n) is 6.99. The Kier molecular flexibility index (Phi) is 4.71. The molecule has 4 fully saturated rings. The number of benzene rings is 1. The van der Waals surface area contributed by atoms with Crippen LogP contribution in [0.1, 0.15) is 42.5 Å². The minimum atomic E-state index is -0.419. The van der Waals surface area contributed by atoms with Crippen LogP contribution in [0.15, 0.2) is 36.4 Å². The van der Waals surface area contributed by atoms with Crippen LogP contribution in [0, 0.1) is 41.4 Å². The number of nitrogens with zero attached hydrogens (tertiary/aromatic N) is 1. The Morgan fingerprint density at radius 2 is 1.48 bits per heavy atom. The summed E-state index contributed by atoms with van der Waals surface area (Å²) < 4.78 is 4.69. The summed E-state index contributed by atoms with van der Waals surface area (Å²) in [6.07, 6.45) is 8.22. The van der Waals surface area contributed by atoms with Crippen molar-refractivity contribution in [3.05, 3.63) is 42.0 Å². The van der Waals surface area contributed by atoms with E-state index in [0.29, 0.717) is 48.8 Å². The molecule has 1 N–H and O–H groups in total. The number of methoxy groups -OCH3 is 1. The number of carbonyl (C=O) groups is 4. The zero-order valence-electron chi connectivity index (χ0n) is 18.6. The van der Waals surface area contributed by atoms with Gasteiger partial charge in [-0.25, -0.2) is 4.79 Å². The Morgan fingerprint density at radius 1 is 0.909 bits per heavy atom. The number of esters is 1. The van der Waals surface area contributed by atoms with Crippen molar-refractivity contribution >= 4 is 29.4 Å². The van der Waals surface area contributed by atoms with Crippen molar-refractivity contribution in [3.63, 3.8) is 0 Å². The third-order valence-electron chi connectivity index (χ3n) is 8.70. The number of hydrogen-bond acceptors (Lipinski definition) is 5. The fourth-order valence-corrected chi connectivity index (χ4v) is 6.99. The van der Waals surface area contributed by atoms with Gasteiger partial charge in [0.05, 0.1) is 24.5 Å². The molecule has 1 heterocycles. The lowest BCUT2D eigenvalue weighted by atomic mass is 9.63. The molecule has 0 radical (unpaired) electrons.